The number of nitrogens with one attached hydrogen (secondary N) is 1. The molecule has 1 N–H and O–H groups in total. The van der Waals surface area contributed by atoms with E-state index in [0.717, 1.165) is 27.9 Å². The summed E-state index contributed by atoms with van der Waals surface area (Å²) in [6, 6.07) is 23.0. The maximum absolute atomic E-state index is 13.2. The number of imidazole rings is 1. The summed E-state index contributed by atoms with van der Waals surface area (Å²) in [6.07, 6.45) is 6.79. The van der Waals surface area contributed by atoms with E-state index >= 15 is 0 Å². The molecule has 0 fully saturated rings. The fourth-order valence-electron chi connectivity index (χ4n) is 3.64. The van der Waals surface area contributed by atoms with Crippen LogP contribution in [0.25, 0.3) is 27.8 Å². The van der Waals surface area contributed by atoms with Crippen LogP contribution >= 0.6 is 0 Å². The highest BCUT2D eigenvalue weighted by molar-refractivity contribution is 6.08. The normalized spacial score (nSPS) is 11.3. The summed E-state index contributed by atoms with van der Waals surface area (Å²) in [5.74, 6) is 0.601. The number of fused-ring (bicyclic) bond motifs is 2. The van der Waals surface area contributed by atoms with E-state index in [1.807, 2.05) is 83.4 Å². The predicted molar refractivity (Wildman–Crippen MR) is 126 cm³/mol. The number of pyridine rings is 2. The molecule has 0 unspecified atom stereocenters. The molecule has 0 saturated heterocycles. The van der Waals surface area contributed by atoms with Crippen molar-refractivity contribution in [1.82, 2.24) is 14.4 Å². The lowest BCUT2D eigenvalue weighted by Crippen LogP contribution is -2.03. The summed E-state index contributed by atoms with van der Waals surface area (Å²) < 4.78 is 7.06. The van der Waals surface area contributed by atoms with Crippen LogP contribution in [0.3, 0.4) is 0 Å². The van der Waals surface area contributed by atoms with Gasteiger partial charge in [-0.05, 0) is 60.7 Å². The van der Waals surface area contributed by atoms with E-state index in [2.05, 4.69) is 10.3 Å². The minimum atomic E-state index is -0.149. The predicted octanol–water partition coefficient (Wildman–Crippen LogP) is 5.37. The van der Waals surface area contributed by atoms with Crippen molar-refractivity contribution in [1.29, 1.82) is 0 Å². The van der Waals surface area contributed by atoms with Crippen LogP contribution in [0, 0.1) is 0 Å². The Morgan fingerprint density at radius 3 is 2.75 bits per heavy atom. The minimum absolute atomic E-state index is 0.149. The van der Waals surface area contributed by atoms with Crippen LogP contribution in [0.5, 0.6) is 5.75 Å². The van der Waals surface area contributed by atoms with Crippen molar-refractivity contribution in [2.45, 2.75) is 0 Å². The summed E-state index contributed by atoms with van der Waals surface area (Å²) in [4.78, 5) is 22.2. The van der Waals surface area contributed by atoms with Gasteiger partial charge < -0.3 is 10.1 Å². The Kier molecular flexibility index (Phi) is 5.09. The third-order valence-corrected chi connectivity index (χ3v) is 5.21. The van der Waals surface area contributed by atoms with Crippen molar-refractivity contribution in [3.8, 4) is 17.0 Å². The number of benzene rings is 2. The molecular weight excluding hydrogens is 400 g/mol. The van der Waals surface area contributed by atoms with Crippen molar-refractivity contribution in [3.05, 3.63) is 103 Å². The molecule has 5 aromatic rings. The zero-order valence-electron chi connectivity index (χ0n) is 17.4. The van der Waals surface area contributed by atoms with Crippen LogP contribution in [-0.2, 0) is 0 Å². The number of anilines is 1. The van der Waals surface area contributed by atoms with E-state index in [1.54, 1.807) is 19.5 Å². The molecular formula is C26H20N4O2. The number of hydrogen-bond donors (Lipinski definition) is 1. The molecule has 156 valence electrons. The first kappa shape index (κ1) is 19.5. The molecule has 5 rings (SSSR count). The second kappa shape index (κ2) is 8.35. The van der Waals surface area contributed by atoms with Gasteiger partial charge in [-0.1, -0.05) is 12.1 Å². The summed E-state index contributed by atoms with van der Waals surface area (Å²) >= 11 is 0. The van der Waals surface area contributed by atoms with E-state index in [-0.39, 0.29) is 5.78 Å². The molecule has 6 nitrogen and oxygen atoms in total. The van der Waals surface area contributed by atoms with Crippen LogP contribution in [0.2, 0.25) is 0 Å². The lowest BCUT2D eigenvalue weighted by molar-refractivity contribution is 0.104. The van der Waals surface area contributed by atoms with Crippen LogP contribution in [0.1, 0.15) is 10.5 Å². The van der Waals surface area contributed by atoms with Crippen LogP contribution < -0.4 is 10.1 Å². The smallest absolute Gasteiger partial charge is 0.206 e. The minimum Gasteiger partial charge on any atom is -0.497 e. The van der Waals surface area contributed by atoms with Crippen LogP contribution in [-0.4, -0.2) is 27.3 Å². The van der Waals surface area contributed by atoms with E-state index < -0.39 is 0 Å². The SMILES string of the molecule is COc1ccc(-c2nc3ccccn3c2C(=O)/C=C\Nc2ccc3ncccc3c2)cc1. The standard InChI is InChI=1S/C26H20N4O2/c1-32-21-10-7-18(8-11-21)25-26(30-16-3-2-6-24(30)29-25)23(31)13-15-27-20-9-12-22-19(17-20)5-4-14-28-22/h2-17,27H,1H3/b15-13-. The molecule has 0 aliphatic rings. The van der Waals surface area contributed by atoms with Gasteiger partial charge in [-0.15, -0.1) is 0 Å². The average Bonchev–Trinajstić information content (AvgIpc) is 3.24. The molecule has 0 atom stereocenters. The van der Waals surface area contributed by atoms with Gasteiger partial charge in [0.1, 0.15) is 22.8 Å². The highest BCUT2D eigenvalue weighted by atomic mass is 16.5. The number of rotatable bonds is 6. The highest BCUT2D eigenvalue weighted by Gasteiger charge is 2.18. The van der Waals surface area contributed by atoms with Gasteiger partial charge in [0, 0.05) is 41.3 Å². The van der Waals surface area contributed by atoms with Gasteiger partial charge in [0.05, 0.1) is 12.6 Å². The van der Waals surface area contributed by atoms with Gasteiger partial charge in [0.15, 0.2) is 0 Å². The number of nitrogens with zero attached hydrogens (tertiary/aromatic N) is 3. The molecule has 0 spiro atoms. The summed E-state index contributed by atoms with van der Waals surface area (Å²) in [5, 5.41) is 4.21. The van der Waals surface area contributed by atoms with Gasteiger partial charge >= 0.3 is 0 Å². The first-order chi connectivity index (χ1) is 15.7. The van der Waals surface area contributed by atoms with Gasteiger partial charge in [-0.25, -0.2) is 4.98 Å². The van der Waals surface area contributed by atoms with E-state index in [4.69, 9.17) is 9.72 Å². The first-order valence-electron chi connectivity index (χ1n) is 10.2. The lowest BCUT2D eigenvalue weighted by Gasteiger charge is -2.05. The number of aromatic nitrogens is 3. The Labute approximate surface area is 184 Å². The Morgan fingerprint density at radius 1 is 1.03 bits per heavy atom. The molecule has 3 aromatic heterocycles. The van der Waals surface area contributed by atoms with Gasteiger partial charge in [0.25, 0.3) is 0 Å². The Bertz CT molecular complexity index is 1450. The summed E-state index contributed by atoms with van der Waals surface area (Å²) in [5.41, 5.74) is 4.50. The summed E-state index contributed by atoms with van der Waals surface area (Å²) in [6.45, 7) is 0. The van der Waals surface area contributed by atoms with Gasteiger partial charge in [-0.2, -0.15) is 0 Å². The van der Waals surface area contributed by atoms with Gasteiger partial charge in [-0.3, -0.25) is 14.2 Å². The molecule has 0 saturated carbocycles. The number of hydrogen-bond acceptors (Lipinski definition) is 5. The molecule has 0 aliphatic carbocycles. The van der Waals surface area contributed by atoms with E-state index in [9.17, 15) is 4.79 Å². The van der Waals surface area contributed by atoms with Crippen molar-refractivity contribution in [2.24, 2.45) is 0 Å². The number of allylic oxidation sites excluding steroid dienone is 1. The van der Waals surface area contributed by atoms with E-state index in [1.165, 1.54) is 6.08 Å². The number of carbonyl (C=O) groups is 1. The topological polar surface area (TPSA) is 68.5 Å². The largest absolute Gasteiger partial charge is 0.497 e. The van der Waals surface area contributed by atoms with Crippen molar-refractivity contribution in [3.63, 3.8) is 0 Å². The summed E-state index contributed by atoms with van der Waals surface area (Å²) in [7, 11) is 1.62. The third-order valence-electron chi connectivity index (χ3n) is 5.21. The molecule has 0 radical (unpaired) electrons. The lowest BCUT2D eigenvalue weighted by atomic mass is 10.1. The van der Waals surface area contributed by atoms with E-state index in [0.29, 0.717) is 17.0 Å². The molecule has 0 aliphatic heterocycles. The van der Waals surface area contributed by atoms with Crippen molar-refractivity contribution in [2.75, 3.05) is 12.4 Å². The number of methoxy groups -OCH3 is 1. The number of carbonyl (C=O) groups excluding carboxylic acids is 1. The molecule has 0 bridgehead atoms. The van der Waals surface area contributed by atoms with Crippen molar-refractivity contribution < 1.29 is 9.53 Å². The fraction of sp³-hybridized carbons (Fsp3) is 0.0385. The second-order valence-electron chi connectivity index (χ2n) is 7.22. The van der Waals surface area contributed by atoms with Crippen LogP contribution in [0.15, 0.2) is 97.5 Å². The Hall–Kier alpha value is -4.45. The number of ketones is 1. The maximum Gasteiger partial charge on any atom is 0.206 e. The molecule has 32 heavy (non-hydrogen) atoms. The number of ether oxygens (including phenoxy) is 1. The maximum atomic E-state index is 13.2. The Morgan fingerprint density at radius 2 is 1.91 bits per heavy atom. The molecule has 6 heteroatoms. The van der Waals surface area contributed by atoms with Crippen molar-refractivity contribution >= 4 is 28.0 Å². The fourth-order valence-corrected chi connectivity index (χ4v) is 3.64. The van der Waals surface area contributed by atoms with Gasteiger partial charge in [0.2, 0.25) is 5.78 Å². The molecule has 3 heterocycles. The monoisotopic (exact) mass is 420 g/mol. The quantitative estimate of drug-likeness (QED) is 0.296. The second-order valence-corrected chi connectivity index (χ2v) is 7.22. The zero-order valence-corrected chi connectivity index (χ0v) is 17.4. The zero-order chi connectivity index (χ0) is 21.9. The van der Waals surface area contributed by atoms with Crippen LogP contribution in [0.4, 0.5) is 5.69 Å². The first-order valence-corrected chi connectivity index (χ1v) is 10.2. The third kappa shape index (κ3) is 3.70. The average molecular weight is 420 g/mol. The highest BCUT2D eigenvalue weighted by Crippen LogP contribution is 2.27. The molecule has 0 amide bonds. The Balaban J connectivity index is 1.46. The molecule has 2 aromatic carbocycles.